The number of nitrogens with one attached hydrogen (secondary N) is 1. The van der Waals surface area contributed by atoms with Crippen LogP contribution < -0.4 is 0 Å². The Bertz CT molecular complexity index is 5230. The number of H-pyrrole nitrogens is 1. The van der Waals surface area contributed by atoms with E-state index in [1.54, 1.807) is 78.3 Å². The first-order valence-electron chi connectivity index (χ1n) is 46.8. The van der Waals surface area contributed by atoms with Gasteiger partial charge in [0.25, 0.3) is 0 Å². The van der Waals surface area contributed by atoms with Crippen molar-refractivity contribution in [2.24, 2.45) is 0 Å². The van der Waals surface area contributed by atoms with Crippen molar-refractivity contribution < 1.29 is 0 Å². The van der Waals surface area contributed by atoms with Gasteiger partial charge < -0.3 is 27.8 Å². The maximum absolute atomic E-state index is 4.92. The number of aromatic nitrogens is 6. The summed E-state index contributed by atoms with van der Waals surface area (Å²) in [5.74, 6) is 2.56. The van der Waals surface area contributed by atoms with Gasteiger partial charge >= 0.3 is 0 Å². The van der Waals surface area contributed by atoms with Gasteiger partial charge in [-0.05, 0) is 235 Å². The van der Waals surface area contributed by atoms with E-state index in [0.29, 0.717) is 29.6 Å². The molecule has 6 aliphatic rings. The Hall–Kier alpha value is -7.44. The molecule has 0 saturated carbocycles. The van der Waals surface area contributed by atoms with E-state index in [9.17, 15) is 0 Å². The van der Waals surface area contributed by atoms with E-state index in [1.807, 2.05) is 0 Å². The minimum atomic E-state index is -0.0962. The average molecular weight is 1480 g/mol. The van der Waals surface area contributed by atoms with Crippen LogP contribution in [0.25, 0.3) is 76.8 Å². The number of aromatic amines is 1. The SMILES string of the molecule is CCCCCCCCC1c2[nH]c3ccc(-n4c5c(c6ccccc64)CCCC5CCC)c(-n4c5c(c6ccccc64)CCCC5CCCC)c3c2C(n2c3c(c4ccccc42)CCCC3CCCCC)C(n2c3c(c4ccccc42)CCCC3CCCCCC)C1n1c2c(c3ccccc31)CCCC2CCCCCCC. The maximum Gasteiger partial charge on any atom is 0.0841 e. The fourth-order valence-electron chi connectivity index (χ4n) is 25.1. The highest BCUT2D eigenvalue weighted by Gasteiger charge is 2.53. The quantitative estimate of drug-likeness (QED) is 0.0408. The monoisotopic (exact) mass is 1480 g/mol. The van der Waals surface area contributed by atoms with Gasteiger partial charge in [0.2, 0.25) is 0 Å². The zero-order valence-electron chi connectivity index (χ0n) is 69.3. The summed E-state index contributed by atoms with van der Waals surface area (Å²) in [5, 5.41) is 9.09. The molecule has 6 heterocycles. The second-order valence-corrected chi connectivity index (χ2v) is 36.5. The Balaban J connectivity index is 1.06. The Morgan fingerprint density at radius 2 is 0.658 bits per heavy atom. The molecule has 6 aliphatic carbocycles. The second-order valence-electron chi connectivity index (χ2n) is 36.5. The third-order valence-corrected chi connectivity index (χ3v) is 29.7. The number of hydrogen-bond acceptors (Lipinski definition) is 0. The van der Waals surface area contributed by atoms with Gasteiger partial charge in [-0.3, -0.25) is 0 Å². The lowest BCUT2D eigenvalue weighted by Gasteiger charge is -2.49. The van der Waals surface area contributed by atoms with Crippen molar-refractivity contribution in [1.29, 1.82) is 0 Å². The van der Waals surface area contributed by atoms with Crippen molar-refractivity contribution >= 4 is 65.4 Å². The van der Waals surface area contributed by atoms with Crippen LogP contribution in [0.1, 0.15) is 400 Å². The van der Waals surface area contributed by atoms with Crippen LogP contribution >= 0.6 is 0 Å². The lowest BCUT2D eigenvalue weighted by Crippen LogP contribution is -2.42. The first-order chi connectivity index (χ1) is 55.0. The molecule has 6 nitrogen and oxygen atoms in total. The molecule has 6 aromatic heterocycles. The molecule has 0 saturated heterocycles. The van der Waals surface area contributed by atoms with E-state index < -0.39 is 0 Å². The molecule has 1 N–H and O–H groups in total. The fraction of sp³-hybridized carbons (Fsp3) is 0.543. The molecular weight excluding hydrogens is 1350 g/mol. The van der Waals surface area contributed by atoms with Crippen LogP contribution in [0.15, 0.2) is 133 Å². The summed E-state index contributed by atoms with van der Waals surface area (Å²) in [6.45, 7) is 14.6. The highest BCUT2D eigenvalue weighted by molar-refractivity contribution is 6.02. The molecule has 0 aliphatic heterocycles. The first-order valence-corrected chi connectivity index (χ1v) is 46.8. The van der Waals surface area contributed by atoms with Crippen molar-refractivity contribution in [3.63, 3.8) is 0 Å². The summed E-state index contributed by atoms with van der Waals surface area (Å²) in [5.41, 5.74) is 31.4. The predicted octanol–water partition coefficient (Wildman–Crippen LogP) is 30.8. The van der Waals surface area contributed by atoms with Crippen LogP contribution in [-0.4, -0.2) is 27.8 Å². The van der Waals surface area contributed by atoms with Gasteiger partial charge in [-0.2, -0.15) is 0 Å². The molecule has 18 rings (SSSR count). The normalized spacial score (nSPS) is 21.8. The molecule has 0 spiro atoms. The largest absolute Gasteiger partial charge is 0.358 e. The first kappa shape index (κ1) is 74.9. The van der Waals surface area contributed by atoms with E-state index in [0.717, 1.165) is 32.1 Å². The third-order valence-electron chi connectivity index (χ3n) is 29.7. The van der Waals surface area contributed by atoms with Gasteiger partial charge in [-0.15, -0.1) is 0 Å². The highest BCUT2D eigenvalue weighted by atomic mass is 15.2. The smallest absolute Gasteiger partial charge is 0.0841 e. The predicted molar refractivity (Wildman–Crippen MR) is 474 cm³/mol. The molecule has 6 aromatic carbocycles. The lowest BCUT2D eigenvalue weighted by molar-refractivity contribution is 0.189. The van der Waals surface area contributed by atoms with Gasteiger partial charge in [0.05, 0.1) is 40.5 Å². The molecule has 0 bridgehead atoms. The molecule has 0 amide bonds. The number of aryl methyl sites for hydroxylation is 5. The van der Waals surface area contributed by atoms with Crippen molar-refractivity contribution in [1.82, 2.24) is 27.8 Å². The van der Waals surface area contributed by atoms with Gasteiger partial charge in [-0.25, -0.2) is 0 Å². The van der Waals surface area contributed by atoms with E-state index in [1.165, 1.54) is 304 Å². The summed E-state index contributed by atoms with van der Waals surface area (Å²) in [4.78, 5) is 4.92. The zero-order valence-corrected chi connectivity index (χ0v) is 69.3. The van der Waals surface area contributed by atoms with E-state index in [2.05, 4.69) is 198 Å². The van der Waals surface area contributed by atoms with Gasteiger partial charge in [0, 0.05) is 100 Å². The highest BCUT2D eigenvalue weighted by Crippen LogP contribution is 2.64. The van der Waals surface area contributed by atoms with Crippen LogP contribution in [0.3, 0.4) is 0 Å². The number of benzene rings is 6. The van der Waals surface area contributed by atoms with E-state index >= 15 is 0 Å². The molecule has 0 radical (unpaired) electrons. The number of nitrogens with zero attached hydrogens (tertiary/aromatic N) is 5. The summed E-state index contributed by atoms with van der Waals surface area (Å²) in [6, 6.07) is 55.6. The van der Waals surface area contributed by atoms with Gasteiger partial charge in [0.15, 0.2) is 0 Å². The molecule has 12 aromatic rings. The Morgan fingerprint density at radius 1 is 0.306 bits per heavy atom. The van der Waals surface area contributed by atoms with E-state index in [-0.39, 0.29) is 24.0 Å². The third kappa shape index (κ3) is 13.3. The molecule has 6 heteroatoms. The minimum absolute atomic E-state index is 0.00474. The number of para-hydroxylation sites is 5. The standard InChI is InChI=1S/C105H134N6/c1-7-13-18-21-23-27-58-86-96-95(94-87(106-96)69-70-93(107-88-64-33-28-53-76(88)81-59-38-48-71(43-12-6)97(81)107)103(94)109-90-66-35-30-55-78(90)83-61-39-49-72(99(83)109)44-17-11-5)104(110-91-67-36-31-56-79(91)84-62-40-50-73(100(84)110)45-24-16-10-4)105(111-92-68-37-32-57-80(92)85-63-42-52-75(101(85)111)46-25-20-15-9-3)102(86)108-89-65-34-29-54-77(89)82-60-41-51-74(98(82)108)47-26-22-19-14-8-2/h28-37,53-57,64-75,86,102,104-106H,7-27,38-52,58-63H2,1-6H3. The summed E-state index contributed by atoms with van der Waals surface area (Å²) in [7, 11) is 0. The number of hydrogen-bond donors (Lipinski definition) is 1. The average Bonchev–Trinajstić information content (AvgIpc) is 1.52. The van der Waals surface area contributed by atoms with E-state index in [4.69, 9.17) is 4.98 Å². The molecule has 584 valence electrons. The maximum atomic E-state index is 4.92. The minimum Gasteiger partial charge on any atom is -0.358 e. The molecule has 9 unspecified atom stereocenters. The van der Waals surface area contributed by atoms with Gasteiger partial charge in [0.1, 0.15) is 0 Å². The summed E-state index contributed by atoms with van der Waals surface area (Å²) < 4.78 is 15.9. The van der Waals surface area contributed by atoms with Crippen LogP contribution in [0.5, 0.6) is 0 Å². The topological polar surface area (TPSA) is 40.4 Å². The number of unbranched alkanes of at least 4 members (excludes halogenated alkanes) is 15. The number of fused-ring (bicyclic) bond motifs is 18. The van der Waals surface area contributed by atoms with Crippen LogP contribution in [0.2, 0.25) is 0 Å². The Labute approximate surface area is 666 Å². The Morgan fingerprint density at radius 3 is 1.15 bits per heavy atom. The lowest BCUT2D eigenvalue weighted by atomic mass is 9.71. The van der Waals surface area contributed by atoms with Gasteiger partial charge in [-0.1, -0.05) is 267 Å². The second kappa shape index (κ2) is 33.6. The number of rotatable bonds is 32. The fourth-order valence-corrected chi connectivity index (χ4v) is 25.1. The summed E-state index contributed by atoms with van der Waals surface area (Å²) >= 11 is 0. The van der Waals surface area contributed by atoms with Crippen LogP contribution in [0.4, 0.5) is 0 Å². The van der Waals surface area contributed by atoms with Crippen LogP contribution in [-0.2, 0) is 32.1 Å². The zero-order chi connectivity index (χ0) is 75.1. The summed E-state index contributed by atoms with van der Waals surface area (Å²) in [6.07, 6.45) is 52.8. The molecule has 0 fully saturated rings. The molecule has 9 atom stereocenters. The van der Waals surface area contributed by atoms with Crippen molar-refractivity contribution in [2.75, 3.05) is 0 Å². The van der Waals surface area contributed by atoms with Crippen LogP contribution in [0, 0.1) is 0 Å². The molecule has 111 heavy (non-hydrogen) atoms. The molecular formula is C105H134N6. The van der Waals surface area contributed by atoms with Crippen molar-refractivity contribution in [2.45, 2.75) is 365 Å². The Kier molecular flexibility index (Phi) is 22.7. The van der Waals surface area contributed by atoms with Crippen molar-refractivity contribution in [3.05, 3.63) is 201 Å². The van der Waals surface area contributed by atoms with Crippen molar-refractivity contribution in [3.8, 4) is 11.4 Å².